The van der Waals surface area contributed by atoms with E-state index in [-0.39, 0.29) is 61.2 Å². The van der Waals surface area contributed by atoms with Crippen molar-refractivity contribution in [1.82, 2.24) is 4.90 Å². The Morgan fingerprint density at radius 1 is 0.941 bits per heavy atom. The molecule has 0 aliphatic carbocycles. The molecule has 1 fully saturated rings. The Labute approximate surface area is 302 Å². The zero-order valence-electron chi connectivity index (χ0n) is 30.0. The third-order valence-electron chi connectivity index (χ3n) is 11.4. The fourth-order valence-corrected chi connectivity index (χ4v) is 12.8. The van der Waals surface area contributed by atoms with Crippen molar-refractivity contribution in [2.24, 2.45) is 5.92 Å². The molecule has 3 aliphatic heterocycles. The number of methoxy groups -OCH3 is 1. The van der Waals surface area contributed by atoms with Crippen LogP contribution in [0.4, 0.5) is 11.4 Å². The maximum atomic E-state index is 14.2. The summed E-state index contributed by atoms with van der Waals surface area (Å²) in [5.41, 5.74) is 5.23. The number of carbonyl (C=O) groups excluding carboxylic acids is 2. The zero-order valence-corrected chi connectivity index (χ0v) is 31.0. The van der Waals surface area contributed by atoms with Crippen LogP contribution in [-0.2, 0) is 33.7 Å². The molecule has 3 aliphatic rings. The molecule has 9 heteroatoms. The predicted octanol–water partition coefficient (Wildman–Crippen LogP) is 6.41. The van der Waals surface area contributed by atoms with Gasteiger partial charge in [0.25, 0.3) is 5.91 Å². The van der Waals surface area contributed by atoms with Crippen molar-refractivity contribution in [2.75, 3.05) is 25.2 Å². The van der Waals surface area contributed by atoms with E-state index in [1.807, 2.05) is 65.6 Å². The highest BCUT2D eigenvalue weighted by Crippen LogP contribution is 2.47. The normalized spacial score (nSPS) is 23.0. The molecule has 4 aromatic carbocycles. The number of aryl methyl sites for hydroxylation is 1. The van der Waals surface area contributed by atoms with E-state index in [1.54, 1.807) is 12.0 Å². The molecule has 1 N–H and O–H groups in total. The Hall–Kier alpha value is -4.44. The van der Waals surface area contributed by atoms with Gasteiger partial charge in [-0.2, -0.15) is 0 Å². The summed E-state index contributed by atoms with van der Waals surface area (Å²) in [7, 11) is -0.504. The first-order chi connectivity index (χ1) is 24.7. The van der Waals surface area contributed by atoms with Crippen LogP contribution in [-0.4, -0.2) is 68.5 Å². The van der Waals surface area contributed by atoms with Crippen molar-refractivity contribution in [2.45, 2.75) is 76.0 Å². The van der Waals surface area contributed by atoms with Gasteiger partial charge in [-0.1, -0.05) is 85.9 Å². The summed E-state index contributed by atoms with van der Waals surface area (Å²) in [5, 5.41) is 11.7. The number of hydrogen-bond acceptors (Lipinski definition) is 6. The lowest BCUT2D eigenvalue weighted by molar-refractivity contribution is -0.138. The molecular weight excluding hydrogens is 657 g/mol. The standard InChI is InChI=1S/C42H48N2O6Si/c1-28-37(21-16-29-10-9-13-32(22-29)44-36-14-7-8-15-38(36)49-27-41(44)47)50-39(42(28)51(3,4)35-19-17-34(48-2)18-20-35)24-40(46)43-25-31-12-6-5-11-30(31)23-33(43)26-45/h5-15,17-20,22,28,33,37,39,42,45H,16,21,23-27H2,1-4H3/t28-,33-,37+,39-,42+/m0/s1. The molecule has 51 heavy (non-hydrogen) atoms. The number of benzene rings is 4. The van der Waals surface area contributed by atoms with Crippen LogP contribution in [0.5, 0.6) is 11.5 Å². The summed E-state index contributed by atoms with van der Waals surface area (Å²) in [6.45, 7) is 7.53. The highest BCUT2D eigenvalue weighted by molar-refractivity contribution is 6.91. The molecule has 2 amide bonds. The second-order valence-corrected chi connectivity index (χ2v) is 19.5. The maximum Gasteiger partial charge on any atom is 0.269 e. The third kappa shape index (κ3) is 6.95. The molecular formula is C42H48N2O6Si. The number of aliphatic hydroxyl groups excluding tert-OH is 1. The molecule has 0 radical (unpaired) electrons. The van der Waals surface area contributed by atoms with Gasteiger partial charge in [0.05, 0.1) is 52.1 Å². The van der Waals surface area contributed by atoms with Gasteiger partial charge >= 0.3 is 0 Å². The summed E-state index contributed by atoms with van der Waals surface area (Å²) in [6, 6.07) is 32.2. The number of ether oxygens (including phenoxy) is 3. The first-order valence-electron chi connectivity index (χ1n) is 18.1. The van der Waals surface area contributed by atoms with Gasteiger partial charge in [0.2, 0.25) is 5.91 Å². The molecule has 8 nitrogen and oxygen atoms in total. The highest BCUT2D eigenvalue weighted by atomic mass is 28.3. The van der Waals surface area contributed by atoms with Crippen LogP contribution in [0, 0.1) is 5.92 Å². The maximum absolute atomic E-state index is 14.2. The van der Waals surface area contributed by atoms with Crippen LogP contribution in [0.1, 0.15) is 36.5 Å². The lowest BCUT2D eigenvalue weighted by Gasteiger charge is -2.39. The number of para-hydroxylation sites is 2. The minimum Gasteiger partial charge on any atom is -0.497 e. The molecule has 3 heterocycles. The van der Waals surface area contributed by atoms with Crippen LogP contribution < -0.4 is 19.6 Å². The minimum atomic E-state index is -2.19. The van der Waals surface area contributed by atoms with Gasteiger partial charge in [-0.25, -0.2) is 0 Å². The van der Waals surface area contributed by atoms with E-state index in [1.165, 1.54) is 10.8 Å². The molecule has 7 rings (SSSR count). The van der Waals surface area contributed by atoms with Crippen molar-refractivity contribution in [3.8, 4) is 11.5 Å². The van der Waals surface area contributed by atoms with Crippen molar-refractivity contribution in [1.29, 1.82) is 0 Å². The van der Waals surface area contributed by atoms with Gasteiger partial charge in [0, 0.05) is 12.2 Å². The van der Waals surface area contributed by atoms with Gasteiger partial charge in [0.1, 0.15) is 11.5 Å². The molecule has 0 spiro atoms. The molecule has 1 saturated heterocycles. The SMILES string of the molecule is COc1ccc([Si](C)(C)[C@@H]2[C@@H](C)[C@@H](CCc3cccc(N4C(=O)COc5ccccc54)c3)O[C@H]2CC(=O)N2Cc3ccccc3C[C@H]2CO)cc1. The minimum absolute atomic E-state index is 0.00697. The Balaban J connectivity index is 1.13. The lowest BCUT2D eigenvalue weighted by Crippen LogP contribution is -2.52. The van der Waals surface area contributed by atoms with Crippen LogP contribution in [0.2, 0.25) is 18.6 Å². The average molecular weight is 705 g/mol. The van der Waals surface area contributed by atoms with Gasteiger partial charge in [-0.3, -0.25) is 14.5 Å². The summed E-state index contributed by atoms with van der Waals surface area (Å²) >= 11 is 0. The second-order valence-electron chi connectivity index (χ2n) is 14.8. The van der Waals surface area contributed by atoms with E-state index in [4.69, 9.17) is 14.2 Å². The molecule has 0 aromatic heterocycles. The average Bonchev–Trinajstić information content (AvgIpc) is 3.47. The van der Waals surface area contributed by atoms with E-state index in [0.717, 1.165) is 41.1 Å². The lowest BCUT2D eigenvalue weighted by atomic mass is 9.93. The van der Waals surface area contributed by atoms with Gasteiger partial charge in [-0.15, -0.1) is 0 Å². The first kappa shape index (κ1) is 35.0. The van der Waals surface area contributed by atoms with Crippen molar-refractivity contribution < 1.29 is 28.9 Å². The Kier molecular flexibility index (Phi) is 10.1. The molecule has 0 unspecified atom stereocenters. The van der Waals surface area contributed by atoms with Crippen molar-refractivity contribution in [3.63, 3.8) is 0 Å². The van der Waals surface area contributed by atoms with Gasteiger partial charge < -0.3 is 24.2 Å². The van der Waals surface area contributed by atoms with Gasteiger partial charge in [0.15, 0.2) is 6.61 Å². The van der Waals surface area contributed by atoms with Crippen molar-refractivity contribution in [3.05, 3.63) is 114 Å². The summed E-state index contributed by atoms with van der Waals surface area (Å²) in [4.78, 5) is 30.9. The number of aliphatic hydroxyl groups is 1. The van der Waals surface area contributed by atoms with E-state index in [9.17, 15) is 14.7 Å². The number of carbonyl (C=O) groups is 2. The number of amides is 2. The van der Waals surface area contributed by atoms with Crippen LogP contribution in [0.3, 0.4) is 0 Å². The largest absolute Gasteiger partial charge is 0.497 e. The van der Waals surface area contributed by atoms with Gasteiger partial charge in [-0.05, 0) is 83.8 Å². The molecule has 266 valence electrons. The third-order valence-corrected chi connectivity index (χ3v) is 15.8. The summed E-state index contributed by atoms with van der Waals surface area (Å²) in [5.74, 6) is 1.69. The van der Waals surface area contributed by atoms with Crippen LogP contribution in [0.15, 0.2) is 97.1 Å². The van der Waals surface area contributed by atoms with E-state index in [0.29, 0.717) is 18.7 Å². The van der Waals surface area contributed by atoms with E-state index >= 15 is 0 Å². The van der Waals surface area contributed by atoms with Crippen molar-refractivity contribution >= 4 is 36.4 Å². The van der Waals surface area contributed by atoms with E-state index < -0.39 is 8.07 Å². The first-order valence-corrected chi connectivity index (χ1v) is 21.2. The molecule has 4 aromatic rings. The monoisotopic (exact) mass is 704 g/mol. The summed E-state index contributed by atoms with van der Waals surface area (Å²) < 4.78 is 18.1. The number of hydrogen-bond donors (Lipinski definition) is 1. The topological polar surface area (TPSA) is 88.5 Å². The molecule has 0 bridgehead atoms. The summed E-state index contributed by atoms with van der Waals surface area (Å²) in [6.07, 6.45) is 2.22. The molecule has 0 saturated carbocycles. The second kappa shape index (κ2) is 14.7. The number of nitrogens with zero attached hydrogens (tertiary/aromatic N) is 2. The fourth-order valence-electron chi connectivity index (χ4n) is 8.72. The highest BCUT2D eigenvalue weighted by Gasteiger charge is 2.51. The fraction of sp³-hybridized carbons (Fsp3) is 0.381. The Morgan fingerprint density at radius 3 is 2.45 bits per heavy atom. The number of fused-ring (bicyclic) bond motifs is 2. The van der Waals surface area contributed by atoms with E-state index in [2.05, 4.69) is 56.4 Å². The Bertz CT molecular complexity index is 1880. The Morgan fingerprint density at radius 2 is 1.69 bits per heavy atom. The smallest absolute Gasteiger partial charge is 0.269 e. The van der Waals surface area contributed by atoms with Crippen LogP contribution >= 0.6 is 0 Å². The van der Waals surface area contributed by atoms with Crippen LogP contribution in [0.25, 0.3) is 0 Å². The number of rotatable bonds is 10. The zero-order chi connectivity index (χ0) is 35.7. The quantitative estimate of drug-likeness (QED) is 0.192. The number of anilines is 2. The molecule has 5 atom stereocenters. The predicted molar refractivity (Wildman–Crippen MR) is 202 cm³/mol.